The van der Waals surface area contributed by atoms with Gasteiger partial charge in [0.25, 0.3) is 0 Å². The van der Waals surface area contributed by atoms with E-state index in [1.54, 1.807) is 43.3 Å². The molecule has 4 aromatic rings. The Kier molecular flexibility index (Phi) is 5.38. The van der Waals surface area contributed by atoms with Crippen molar-refractivity contribution in [2.45, 2.75) is 6.92 Å². The molecule has 2 aromatic carbocycles. The number of furan rings is 1. The molecule has 30 heavy (non-hydrogen) atoms. The number of carbonyl (C=O) groups excluding carboxylic acids is 1. The lowest BCUT2D eigenvalue weighted by atomic mass is 10.1. The standard InChI is InChI=1S/C23H16ClN3O3/c1-2-29-23(28)17-12-14(7-9-18(17)24)21-10-8-16(30-21)11-15(13-25)22-26-19-5-3-4-6-20(19)27-22/h3-12H,2H2,1H3,(H,26,27)/b15-11-. The Labute approximate surface area is 177 Å². The number of aromatic nitrogens is 2. The molecule has 2 aromatic heterocycles. The number of carbonyl (C=O) groups is 1. The summed E-state index contributed by atoms with van der Waals surface area (Å²) in [6.45, 7) is 1.99. The number of esters is 1. The van der Waals surface area contributed by atoms with Crippen molar-refractivity contribution in [3.63, 3.8) is 0 Å². The van der Waals surface area contributed by atoms with Crippen LogP contribution in [0.5, 0.6) is 0 Å². The largest absolute Gasteiger partial charge is 0.462 e. The van der Waals surface area contributed by atoms with Gasteiger partial charge in [-0.25, -0.2) is 9.78 Å². The van der Waals surface area contributed by atoms with E-state index in [2.05, 4.69) is 16.0 Å². The number of fused-ring (bicyclic) bond motifs is 1. The normalized spacial score (nSPS) is 11.4. The predicted molar refractivity (Wildman–Crippen MR) is 115 cm³/mol. The summed E-state index contributed by atoms with van der Waals surface area (Å²) in [4.78, 5) is 19.7. The van der Waals surface area contributed by atoms with Gasteiger partial charge in [0.1, 0.15) is 23.4 Å². The molecule has 6 nitrogen and oxygen atoms in total. The van der Waals surface area contributed by atoms with E-state index in [0.717, 1.165) is 11.0 Å². The van der Waals surface area contributed by atoms with Gasteiger partial charge in [0.05, 0.1) is 33.8 Å². The summed E-state index contributed by atoms with van der Waals surface area (Å²) in [5.74, 6) is 0.986. The van der Waals surface area contributed by atoms with Crippen molar-refractivity contribution >= 4 is 40.3 Å². The van der Waals surface area contributed by atoms with Gasteiger partial charge < -0.3 is 14.1 Å². The van der Waals surface area contributed by atoms with Gasteiger partial charge in [-0.1, -0.05) is 23.7 Å². The maximum absolute atomic E-state index is 12.1. The van der Waals surface area contributed by atoms with Crippen molar-refractivity contribution in [1.82, 2.24) is 9.97 Å². The van der Waals surface area contributed by atoms with E-state index in [0.29, 0.717) is 33.5 Å². The SMILES string of the molecule is CCOC(=O)c1cc(-c2ccc(/C=C(/C#N)c3nc4ccccc4[nH]3)o2)ccc1Cl. The van der Waals surface area contributed by atoms with Gasteiger partial charge >= 0.3 is 5.97 Å². The second-order valence-electron chi connectivity index (χ2n) is 6.39. The molecular formula is C23H16ClN3O3. The number of para-hydroxylation sites is 2. The quantitative estimate of drug-likeness (QED) is 0.331. The van der Waals surface area contributed by atoms with Crippen molar-refractivity contribution in [2.24, 2.45) is 0 Å². The number of imidazole rings is 1. The van der Waals surface area contributed by atoms with E-state index in [4.69, 9.17) is 20.8 Å². The zero-order valence-electron chi connectivity index (χ0n) is 16.0. The van der Waals surface area contributed by atoms with Gasteiger partial charge in [0.15, 0.2) is 0 Å². The Morgan fingerprint density at radius 1 is 1.27 bits per heavy atom. The number of nitriles is 1. The first kappa shape index (κ1) is 19.5. The van der Waals surface area contributed by atoms with Gasteiger partial charge in [-0.3, -0.25) is 0 Å². The average molecular weight is 418 g/mol. The molecule has 0 aliphatic carbocycles. The highest BCUT2D eigenvalue weighted by molar-refractivity contribution is 6.33. The van der Waals surface area contributed by atoms with Crippen molar-refractivity contribution < 1.29 is 13.9 Å². The van der Waals surface area contributed by atoms with E-state index in [-0.39, 0.29) is 12.2 Å². The van der Waals surface area contributed by atoms with E-state index in [9.17, 15) is 10.1 Å². The molecule has 4 rings (SSSR count). The van der Waals surface area contributed by atoms with Crippen LogP contribution >= 0.6 is 11.6 Å². The summed E-state index contributed by atoms with van der Waals surface area (Å²) < 4.78 is 10.9. The van der Waals surface area contributed by atoms with Gasteiger partial charge in [0, 0.05) is 11.6 Å². The van der Waals surface area contributed by atoms with Crippen LogP contribution in [-0.2, 0) is 4.74 Å². The molecule has 0 aliphatic rings. The third-order valence-corrected chi connectivity index (χ3v) is 4.75. The molecule has 1 N–H and O–H groups in total. The first-order valence-electron chi connectivity index (χ1n) is 9.23. The Morgan fingerprint density at radius 3 is 2.87 bits per heavy atom. The minimum absolute atomic E-state index is 0.258. The fourth-order valence-corrected chi connectivity index (χ4v) is 3.20. The number of nitrogens with zero attached hydrogens (tertiary/aromatic N) is 2. The number of hydrogen-bond donors (Lipinski definition) is 1. The Hall–Kier alpha value is -3.82. The molecule has 0 saturated heterocycles. The van der Waals surface area contributed by atoms with E-state index in [1.807, 2.05) is 24.3 Å². The van der Waals surface area contributed by atoms with Crippen LogP contribution in [0.4, 0.5) is 0 Å². The van der Waals surface area contributed by atoms with Crippen LogP contribution in [0.3, 0.4) is 0 Å². The van der Waals surface area contributed by atoms with Gasteiger partial charge in [-0.05, 0) is 49.4 Å². The molecule has 148 valence electrons. The number of ether oxygens (including phenoxy) is 1. The summed E-state index contributed by atoms with van der Waals surface area (Å²) in [6.07, 6.45) is 1.61. The van der Waals surface area contributed by atoms with Crippen LogP contribution in [0.25, 0.3) is 34.0 Å². The molecule has 7 heteroatoms. The summed E-state index contributed by atoms with van der Waals surface area (Å²) in [6, 6.07) is 18.2. The number of rotatable bonds is 5. The molecule has 0 spiro atoms. The fraction of sp³-hybridized carbons (Fsp3) is 0.0870. The summed E-state index contributed by atoms with van der Waals surface area (Å²) in [5, 5.41) is 9.89. The number of benzene rings is 2. The molecule has 0 aliphatic heterocycles. The first-order valence-corrected chi connectivity index (χ1v) is 9.60. The van der Waals surface area contributed by atoms with Gasteiger partial charge in [-0.15, -0.1) is 0 Å². The van der Waals surface area contributed by atoms with Crippen LogP contribution in [0.2, 0.25) is 5.02 Å². The van der Waals surface area contributed by atoms with Crippen molar-refractivity contribution in [3.05, 3.63) is 76.8 Å². The molecule has 0 unspecified atom stereocenters. The Balaban J connectivity index is 1.66. The maximum Gasteiger partial charge on any atom is 0.339 e. The number of H-pyrrole nitrogens is 1. The molecular weight excluding hydrogens is 402 g/mol. The smallest absolute Gasteiger partial charge is 0.339 e. The molecule has 0 atom stereocenters. The van der Waals surface area contributed by atoms with Crippen LogP contribution in [0.1, 0.15) is 28.9 Å². The van der Waals surface area contributed by atoms with Crippen molar-refractivity contribution in [1.29, 1.82) is 5.26 Å². The lowest BCUT2D eigenvalue weighted by molar-refractivity contribution is 0.0526. The highest BCUT2D eigenvalue weighted by Crippen LogP contribution is 2.29. The van der Waals surface area contributed by atoms with Crippen LogP contribution in [0, 0.1) is 11.3 Å². The van der Waals surface area contributed by atoms with E-state index in [1.165, 1.54) is 0 Å². The molecule has 2 heterocycles. The Bertz CT molecular complexity index is 1280. The number of aromatic amines is 1. The monoisotopic (exact) mass is 417 g/mol. The number of hydrogen-bond acceptors (Lipinski definition) is 5. The summed E-state index contributed by atoms with van der Waals surface area (Å²) in [5.41, 5.74) is 2.91. The number of allylic oxidation sites excluding steroid dienone is 1. The third-order valence-electron chi connectivity index (χ3n) is 4.42. The second-order valence-corrected chi connectivity index (χ2v) is 6.80. The summed E-state index contributed by atoms with van der Waals surface area (Å²) in [7, 11) is 0. The van der Waals surface area contributed by atoms with E-state index >= 15 is 0 Å². The fourth-order valence-electron chi connectivity index (χ4n) is 3.01. The van der Waals surface area contributed by atoms with E-state index < -0.39 is 5.97 Å². The maximum atomic E-state index is 12.1. The lowest BCUT2D eigenvalue weighted by Gasteiger charge is -2.05. The first-order chi connectivity index (χ1) is 14.6. The topological polar surface area (TPSA) is 91.9 Å². The van der Waals surface area contributed by atoms with Gasteiger partial charge in [-0.2, -0.15) is 5.26 Å². The van der Waals surface area contributed by atoms with Crippen LogP contribution in [-0.4, -0.2) is 22.5 Å². The molecule has 0 fully saturated rings. The van der Waals surface area contributed by atoms with Gasteiger partial charge in [0.2, 0.25) is 0 Å². The molecule has 0 saturated carbocycles. The minimum atomic E-state index is -0.493. The zero-order valence-corrected chi connectivity index (χ0v) is 16.7. The van der Waals surface area contributed by atoms with Crippen LogP contribution < -0.4 is 0 Å². The number of halogens is 1. The second kappa shape index (κ2) is 8.27. The third kappa shape index (κ3) is 3.84. The number of nitrogens with one attached hydrogen (secondary N) is 1. The highest BCUT2D eigenvalue weighted by Gasteiger charge is 2.15. The van der Waals surface area contributed by atoms with Crippen LogP contribution in [0.15, 0.2) is 59.0 Å². The lowest BCUT2D eigenvalue weighted by Crippen LogP contribution is -2.05. The van der Waals surface area contributed by atoms with Crippen molar-refractivity contribution in [2.75, 3.05) is 6.61 Å². The average Bonchev–Trinajstić information content (AvgIpc) is 3.39. The molecule has 0 amide bonds. The predicted octanol–water partition coefficient (Wildman–Crippen LogP) is 5.72. The molecule has 0 radical (unpaired) electrons. The zero-order chi connectivity index (χ0) is 21.1. The Morgan fingerprint density at radius 2 is 2.10 bits per heavy atom. The minimum Gasteiger partial charge on any atom is -0.462 e. The van der Waals surface area contributed by atoms with Crippen molar-refractivity contribution in [3.8, 4) is 17.4 Å². The summed E-state index contributed by atoms with van der Waals surface area (Å²) >= 11 is 6.12. The highest BCUT2D eigenvalue weighted by atomic mass is 35.5. The molecule has 0 bridgehead atoms.